The molecule has 0 N–H and O–H groups in total. The molecule has 0 aromatic heterocycles. The van der Waals surface area contributed by atoms with Crippen molar-refractivity contribution < 1.29 is 9.47 Å². The predicted octanol–water partition coefficient (Wildman–Crippen LogP) is 3.79. The van der Waals surface area contributed by atoms with E-state index in [9.17, 15) is 0 Å². The third kappa shape index (κ3) is 5.17. The van der Waals surface area contributed by atoms with Crippen LogP contribution in [0.3, 0.4) is 0 Å². The summed E-state index contributed by atoms with van der Waals surface area (Å²) >= 11 is 0. The van der Waals surface area contributed by atoms with E-state index in [2.05, 4.69) is 19.1 Å². The van der Waals surface area contributed by atoms with Gasteiger partial charge < -0.3 is 9.47 Å². The zero-order valence-electron chi connectivity index (χ0n) is 10.5. The number of unbranched alkanes of at least 4 members (excludes halogenated alkanes) is 1. The maximum Gasteiger partial charge on any atom is 0.119 e. The van der Waals surface area contributed by atoms with Gasteiger partial charge in [0.25, 0.3) is 0 Å². The highest BCUT2D eigenvalue weighted by Gasteiger charge is 1.97. The Morgan fingerprint density at radius 2 is 1.81 bits per heavy atom. The minimum atomic E-state index is 0.278. The fraction of sp³-hybridized carbons (Fsp3) is 0.571. The molecule has 0 unspecified atom stereocenters. The van der Waals surface area contributed by atoms with Crippen molar-refractivity contribution in [3.8, 4) is 5.75 Å². The molecular weight excluding hydrogens is 200 g/mol. The number of hydrogen-bond acceptors (Lipinski definition) is 2. The van der Waals surface area contributed by atoms with E-state index in [0.29, 0.717) is 6.61 Å². The Hall–Kier alpha value is -1.02. The number of benzene rings is 1. The van der Waals surface area contributed by atoms with Crippen molar-refractivity contribution in [3.63, 3.8) is 0 Å². The van der Waals surface area contributed by atoms with Crippen LogP contribution in [0.15, 0.2) is 24.3 Å². The van der Waals surface area contributed by atoms with Crippen molar-refractivity contribution in [2.75, 3.05) is 6.61 Å². The molecule has 0 atom stereocenters. The first-order chi connectivity index (χ1) is 7.72. The highest BCUT2D eigenvalue weighted by molar-refractivity contribution is 5.26. The van der Waals surface area contributed by atoms with Gasteiger partial charge in [-0.05, 0) is 38.0 Å². The van der Waals surface area contributed by atoms with Crippen molar-refractivity contribution in [2.24, 2.45) is 0 Å². The lowest BCUT2D eigenvalue weighted by atomic mass is 10.2. The van der Waals surface area contributed by atoms with Crippen molar-refractivity contribution in [3.05, 3.63) is 29.8 Å². The predicted molar refractivity (Wildman–Crippen MR) is 66.8 cm³/mol. The molecule has 0 amide bonds. The van der Waals surface area contributed by atoms with E-state index in [1.54, 1.807) is 0 Å². The molecule has 1 aromatic rings. The summed E-state index contributed by atoms with van der Waals surface area (Å²) in [7, 11) is 0. The first-order valence-corrected chi connectivity index (χ1v) is 6.05. The van der Waals surface area contributed by atoms with Gasteiger partial charge in [-0.1, -0.05) is 25.5 Å². The molecule has 0 spiro atoms. The Morgan fingerprint density at radius 3 is 2.38 bits per heavy atom. The van der Waals surface area contributed by atoms with E-state index < -0.39 is 0 Å². The topological polar surface area (TPSA) is 18.5 Å². The lowest BCUT2D eigenvalue weighted by Gasteiger charge is -2.09. The summed E-state index contributed by atoms with van der Waals surface area (Å²) in [6, 6.07) is 8.14. The molecule has 0 aliphatic heterocycles. The second-order valence-corrected chi connectivity index (χ2v) is 4.21. The lowest BCUT2D eigenvalue weighted by Crippen LogP contribution is -2.02. The summed E-state index contributed by atoms with van der Waals surface area (Å²) in [4.78, 5) is 0. The van der Waals surface area contributed by atoms with Crippen molar-refractivity contribution in [1.29, 1.82) is 0 Å². The fourth-order valence-corrected chi connectivity index (χ4v) is 1.28. The van der Waals surface area contributed by atoms with Crippen LogP contribution in [-0.2, 0) is 11.3 Å². The molecular formula is C14H22O2. The van der Waals surface area contributed by atoms with Crippen LogP contribution in [0, 0.1) is 0 Å². The van der Waals surface area contributed by atoms with Crippen LogP contribution in [0.1, 0.15) is 39.2 Å². The van der Waals surface area contributed by atoms with Crippen molar-refractivity contribution in [1.82, 2.24) is 0 Å². The monoisotopic (exact) mass is 222 g/mol. The molecule has 1 aromatic carbocycles. The van der Waals surface area contributed by atoms with Gasteiger partial charge in [-0.25, -0.2) is 0 Å². The number of rotatable bonds is 7. The third-order valence-corrected chi connectivity index (χ3v) is 2.27. The van der Waals surface area contributed by atoms with Crippen LogP contribution in [-0.4, -0.2) is 12.7 Å². The smallest absolute Gasteiger partial charge is 0.119 e. The molecule has 0 fully saturated rings. The van der Waals surface area contributed by atoms with Gasteiger partial charge in [0.2, 0.25) is 0 Å². The normalized spacial score (nSPS) is 10.8. The molecule has 16 heavy (non-hydrogen) atoms. The first kappa shape index (κ1) is 13.0. The molecule has 0 saturated heterocycles. The van der Waals surface area contributed by atoms with Gasteiger partial charge in [0, 0.05) is 0 Å². The minimum Gasteiger partial charge on any atom is -0.494 e. The van der Waals surface area contributed by atoms with E-state index in [1.165, 1.54) is 12.0 Å². The van der Waals surface area contributed by atoms with E-state index in [4.69, 9.17) is 9.47 Å². The van der Waals surface area contributed by atoms with E-state index in [0.717, 1.165) is 18.8 Å². The van der Waals surface area contributed by atoms with E-state index in [1.807, 2.05) is 26.0 Å². The fourth-order valence-electron chi connectivity index (χ4n) is 1.28. The molecule has 2 nitrogen and oxygen atoms in total. The quantitative estimate of drug-likeness (QED) is 0.653. The molecule has 0 bridgehead atoms. The van der Waals surface area contributed by atoms with Gasteiger partial charge in [0.15, 0.2) is 0 Å². The van der Waals surface area contributed by atoms with Gasteiger partial charge in [0.1, 0.15) is 5.75 Å². The summed E-state index contributed by atoms with van der Waals surface area (Å²) < 4.78 is 11.1. The van der Waals surface area contributed by atoms with Gasteiger partial charge in [-0.3, -0.25) is 0 Å². The summed E-state index contributed by atoms with van der Waals surface area (Å²) in [5, 5.41) is 0. The summed E-state index contributed by atoms with van der Waals surface area (Å²) in [6.45, 7) is 7.73. The Labute approximate surface area is 98.6 Å². The average Bonchev–Trinajstić information content (AvgIpc) is 2.28. The van der Waals surface area contributed by atoms with Crippen LogP contribution in [0.25, 0.3) is 0 Å². The maximum atomic E-state index is 5.59. The Bertz CT molecular complexity index is 277. The highest BCUT2D eigenvalue weighted by atomic mass is 16.5. The van der Waals surface area contributed by atoms with Gasteiger partial charge in [0.05, 0.1) is 19.3 Å². The second kappa shape index (κ2) is 7.29. The zero-order valence-corrected chi connectivity index (χ0v) is 10.5. The molecule has 0 saturated carbocycles. The number of hydrogen-bond donors (Lipinski definition) is 0. The van der Waals surface area contributed by atoms with E-state index >= 15 is 0 Å². The SMILES string of the molecule is CCCCOc1ccc(COC(C)C)cc1. The van der Waals surface area contributed by atoms with Gasteiger partial charge in [-0.2, -0.15) is 0 Å². The molecule has 90 valence electrons. The van der Waals surface area contributed by atoms with Crippen LogP contribution < -0.4 is 4.74 Å². The Balaban J connectivity index is 2.35. The first-order valence-electron chi connectivity index (χ1n) is 6.05. The van der Waals surface area contributed by atoms with E-state index in [-0.39, 0.29) is 6.10 Å². The zero-order chi connectivity index (χ0) is 11.8. The summed E-state index contributed by atoms with van der Waals surface area (Å²) in [5.74, 6) is 0.946. The average molecular weight is 222 g/mol. The molecule has 0 aliphatic rings. The molecule has 1 rings (SSSR count). The molecule has 0 heterocycles. The lowest BCUT2D eigenvalue weighted by molar-refractivity contribution is 0.0657. The van der Waals surface area contributed by atoms with Gasteiger partial charge in [-0.15, -0.1) is 0 Å². The van der Waals surface area contributed by atoms with Crippen LogP contribution >= 0.6 is 0 Å². The Kier molecular flexibility index (Phi) is 5.94. The Morgan fingerprint density at radius 1 is 1.12 bits per heavy atom. The molecule has 0 aliphatic carbocycles. The van der Waals surface area contributed by atoms with Crippen LogP contribution in [0.4, 0.5) is 0 Å². The minimum absolute atomic E-state index is 0.278. The van der Waals surface area contributed by atoms with Crippen molar-refractivity contribution in [2.45, 2.75) is 46.3 Å². The van der Waals surface area contributed by atoms with Crippen molar-refractivity contribution >= 4 is 0 Å². The van der Waals surface area contributed by atoms with Gasteiger partial charge >= 0.3 is 0 Å². The standard InChI is InChI=1S/C14H22O2/c1-4-5-10-15-14-8-6-13(7-9-14)11-16-12(2)3/h6-9,12H,4-5,10-11H2,1-3H3. The maximum absolute atomic E-state index is 5.59. The molecule has 2 heteroatoms. The largest absolute Gasteiger partial charge is 0.494 e. The second-order valence-electron chi connectivity index (χ2n) is 4.21. The molecule has 0 radical (unpaired) electrons. The summed E-state index contributed by atoms with van der Waals surface area (Å²) in [6.07, 6.45) is 2.55. The highest BCUT2D eigenvalue weighted by Crippen LogP contribution is 2.13. The summed E-state index contributed by atoms with van der Waals surface area (Å²) in [5.41, 5.74) is 1.19. The van der Waals surface area contributed by atoms with Crippen LogP contribution in [0.2, 0.25) is 0 Å². The van der Waals surface area contributed by atoms with Crippen LogP contribution in [0.5, 0.6) is 5.75 Å². The number of ether oxygens (including phenoxy) is 2. The third-order valence-electron chi connectivity index (χ3n) is 2.27.